The average molecular weight is 317 g/mol. The van der Waals surface area contributed by atoms with Gasteiger partial charge in [-0.2, -0.15) is 0 Å². The number of nitrogens with zero attached hydrogens (tertiary/aromatic N) is 1. The summed E-state index contributed by atoms with van der Waals surface area (Å²) in [7, 11) is 0. The van der Waals surface area contributed by atoms with Crippen molar-refractivity contribution in [2.24, 2.45) is 5.73 Å². The molecule has 4 N–H and O–H groups in total. The normalized spacial score (nSPS) is 17.0. The van der Waals surface area contributed by atoms with Crippen LogP contribution >= 0.6 is 12.4 Å². The summed E-state index contributed by atoms with van der Waals surface area (Å²) in [6, 6.07) is 5.04. The molecule has 1 aromatic rings. The standard InChI is InChI=1S/C13H17FN4O2.ClH/c14-9-1-3-10(4-2-9)16-13(20)17-11-5-6-18(8-11)12(19)7-15;/h1-4,11H,5-8,15H2,(H2,16,17,20);1H. The average Bonchev–Trinajstić information content (AvgIpc) is 2.89. The highest BCUT2D eigenvalue weighted by molar-refractivity contribution is 5.89. The van der Waals surface area contributed by atoms with Crippen LogP contribution in [-0.4, -0.2) is 42.5 Å². The predicted octanol–water partition coefficient (Wildman–Crippen LogP) is 0.929. The summed E-state index contributed by atoms with van der Waals surface area (Å²) in [4.78, 5) is 24.8. The lowest BCUT2D eigenvalue weighted by Crippen LogP contribution is -2.41. The first kappa shape index (κ1) is 17.2. The summed E-state index contributed by atoms with van der Waals surface area (Å²) in [6.45, 7) is 1.04. The van der Waals surface area contributed by atoms with Crippen LogP contribution in [0.25, 0.3) is 0 Å². The molecular weight excluding hydrogens is 299 g/mol. The highest BCUT2D eigenvalue weighted by atomic mass is 35.5. The van der Waals surface area contributed by atoms with Gasteiger partial charge in [0.15, 0.2) is 0 Å². The fraction of sp³-hybridized carbons (Fsp3) is 0.385. The molecule has 116 valence electrons. The zero-order valence-corrected chi connectivity index (χ0v) is 12.2. The molecule has 0 aliphatic carbocycles. The van der Waals surface area contributed by atoms with Crippen LogP contribution in [0.5, 0.6) is 0 Å². The number of anilines is 1. The van der Waals surface area contributed by atoms with Gasteiger partial charge in [-0.15, -0.1) is 12.4 Å². The second-order valence-electron chi connectivity index (χ2n) is 4.63. The lowest BCUT2D eigenvalue weighted by molar-refractivity contribution is -0.128. The number of amides is 3. The van der Waals surface area contributed by atoms with E-state index in [1.807, 2.05) is 0 Å². The van der Waals surface area contributed by atoms with Crippen molar-refractivity contribution in [1.82, 2.24) is 10.2 Å². The molecule has 6 nitrogen and oxygen atoms in total. The van der Waals surface area contributed by atoms with E-state index in [4.69, 9.17) is 5.73 Å². The van der Waals surface area contributed by atoms with E-state index in [-0.39, 0.29) is 42.7 Å². The van der Waals surface area contributed by atoms with Gasteiger partial charge in [0, 0.05) is 24.8 Å². The molecule has 1 heterocycles. The number of hydrogen-bond donors (Lipinski definition) is 3. The Morgan fingerprint density at radius 2 is 2.00 bits per heavy atom. The highest BCUT2D eigenvalue weighted by Crippen LogP contribution is 2.11. The van der Waals surface area contributed by atoms with Gasteiger partial charge in [-0.3, -0.25) is 4.79 Å². The molecule has 0 radical (unpaired) electrons. The van der Waals surface area contributed by atoms with Crippen molar-refractivity contribution in [3.05, 3.63) is 30.1 Å². The van der Waals surface area contributed by atoms with Crippen LogP contribution in [0.1, 0.15) is 6.42 Å². The number of carbonyl (C=O) groups excluding carboxylic acids is 2. The molecular formula is C13H18ClFN4O2. The van der Waals surface area contributed by atoms with Crippen LogP contribution in [0.3, 0.4) is 0 Å². The molecule has 0 aromatic heterocycles. The maximum atomic E-state index is 12.7. The molecule has 2 rings (SSSR count). The van der Waals surface area contributed by atoms with Gasteiger partial charge < -0.3 is 21.3 Å². The van der Waals surface area contributed by atoms with Gasteiger partial charge in [0.2, 0.25) is 5.91 Å². The third-order valence-corrected chi connectivity index (χ3v) is 3.15. The number of nitrogens with two attached hydrogens (primary N) is 1. The molecule has 0 bridgehead atoms. The van der Waals surface area contributed by atoms with E-state index in [1.165, 1.54) is 24.3 Å². The van der Waals surface area contributed by atoms with E-state index < -0.39 is 0 Å². The molecule has 3 amide bonds. The second kappa shape index (κ2) is 7.80. The summed E-state index contributed by atoms with van der Waals surface area (Å²) >= 11 is 0. The van der Waals surface area contributed by atoms with Gasteiger partial charge >= 0.3 is 6.03 Å². The van der Waals surface area contributed by atoms with Gasteiger partial charge in [-0.1, -0.05) is 0 Å². The van der Waals surface area contributed by atoms with Gasteiger partial charge in [0.1, 0.15) is 5.82 Å². The van der Waals surface area contributed by atoms with Gasteiger partial charge in [0.05, 0.1) is 6.54 Å². The number of hydrogen-bond acceptors (Lipinski definition) is 3. The minimum absolute atomic E-state index is 0. The van der Waals surface area contributed by atoms with E-state index in [0.717, 1.165) is 0 Å². The summed E-state index contributed by atoms with van der Waals surface area (Å²) in [5.41, 5.74) is 5.80. The van der Waals surface area contributed by atoms with Crippen LogP contribution in [0.15, 0.2) is 24.3 Å². The van der Waals surface area contributed by atoms with Crippen molar-refractivity contribution in [3.8, 4) is 0 Å². The zero-order chi connectivity index (χ0) is 14.5. The summed E-state index contributed by atoms with van der Waals surface area (Å²) in [5, 5.41) is 5.38. The summed E-state index contributed by atoms with van der Waals surface area (Å²) in [6.07, 6.45) is 0.697. The zero-order valence-electron chi connectivity index (χ0n) is 11.3. The number of nitrogens with one attached hydrogen (secondary N) is 2. The Morgan fingerprint density at radius 1 is 1.33 bits per heavy atom. The van der Waals surface area contributed by atoms with Crippen LogP contribution < -0.4 is 16.4 Å². The predicted molar refractivity (Wildman–Crippen MR) is 79.8 cm³/mol. The molecule has 1 aliphatic heterocycles. The Balaban J connectivity index is 0.00000220. The molecule has 1 unspecified atom stereocenters. The summed E-state index contributed by atoms with van der Waals surface area (Å²) in [5.74, 6) is -0.476. The van der Waals surface area contributed by atoms with Crippen molar-refractivity contribution in [2.45, 2.75) is 12.5 Å². The smallest absolute Gasteiger partial charge is 0.319 e. The largest absolute Gasteiger partial charge is 0.339 e. The first-order chi connectivity index (χ1) is 9.58. The summed E-state index contributed by atoms with van der Waals surface area (Å²) < 4.78 is 12.7. The SMILES string of the molecule is Cl.NCC(=O)N1CCC(NC(=O)Nc2ccc(F)cc2)C1. The molecule has 21 heavy (non-hydrogen) atoms. The van der Waals surface area contributed by atoms with Crippen LogP contribution in [0.2, 0.25) is 0 Å². The Hall–Kier alpha value is -1.86. The Morgan fingerprint density at radius 3 is 2.62 bits per heavy atom. The fourth-order valence-corrected chi connectivity index (χ4v) is 2.12. The fourth-order valence-electron chi connectivity index (χ4n) is 2.12. The Labute approximate surface area is 128 Å². The maximum absolute atomic E-state index is 12.7. The van der Waals surface area contributed by atoms with Crippen molar-refractivity contribution >= 4 is 30.0 Å². The van der Waals surface area contributed by atoms with E-state index >= 15 is 0 Å². The number of rotatable bonds is 3. The second-order valence-corrected chi connectivity index (χ2v) is 4.63. The Kier molecular flexibility index (Phi) is 6.39. The van der Waals surface area contributed by atoms with Crippen molar-refractivity contribution in [3.63, 3.8) is 0 Å². The minimum Gasteiger partial charge on any atom is -0.339 e. The van der Waals surface area contributed by atoms with E-state index in [0.29, 0.717) is 25.2 Å². The van der Waals surface area contributed by atoms with Crippen LogP contribution in [0, 0.1) is 5.82 Å². The number of likely N-dealkylation sites (tertiary alicyclic amines) is 1. The lowest BCUT2D eigenvalue weighted by atomic mass is 10.3. The number of halogens is 2. The first-order valence-electron chi connectivity index (χ1n) is 6.39. The minimum atomic E-state index is -0.372. The van der Waals surface area contributed by atoms with Gasteiger partial charge in [-0.05, 0) is 30.7 Å². The molecule has 1 saturated heterocycles. The number of benzene rings is 1. The van der Waals surface area contributed by atoms with Crippen LogP contribution in [0.4, 0.5) is 14.9 Å². The monoisotopic (exact) mass is 316 g/mol. The molecule has 0 saturated carbocycles. The number of carbonyl (C=O) groups is 2. The van der Waals surface area contributed by atoms with E-state index in [9.17, 15) is 14.0 Å². The third kappa shape index (κ3) is 4.87. The van der Waals surface area contributed by atoms with Crippen molar-refractivity contribution in [2.75, 3.05) is 25.0 Å². The van der Waals surface area contributed by atoms with E-state index in [1.54, 1.807) is 4.90 Å². The topological polar surface area (TPSA) is 87.5 Å². The molecule has 0 spiro atoms. The third-order valence-electron chi connectivity index (χ3n) is 3.15. The van der Waals surface area contributed by atoms with Crippen LogP contribution in [-0.2, 0) is 4.79 Å². The maximum Gasteiger partial charge on any atom is 0.319 e. The molecule has 1 atom stereocenters. The first-order valence-corrected chi connectivity index (χ1v) is 6.39. The van der Waals surface area contributed by atoms with E-state index in [2.05, 4.69) is 10.6 Å². The number of urea groups is 1. The van der Waals surface area contributed by atoms with Crippen molar-refractivity contribution < 1.29 is 14.0 Å². The molecule has 1 fully saturated rings. The Bertz CT molecular complexity index is 497. The lowest BCUT2D eigenvalue weighted by Gasteiger charge is -2.16. The van der Waals surface area contributed by atoms with Gasteiger partial charge in [-0.25, -0.2) is 9.18 Å². The molecule has 1 aliphatic rings. The van der Waals surface area contributed by atoms with Crippen molar-refractivity contribution in [1.29, 1.82) is 0 Å². The molecule has 8 heteroatoms. The molecule has 1 aromatic carbocycles. The highest BCUT2D eigenvalue weighted by Gasteiger charge is 2.26. The van der Waals surface area contributed by atoms with Gasteiger partial charge in [0.25, 0.3) is 0 Å². The quantitative estimate of drug-likeness (QED) is 0.775.